The van der Waals surface area contributed by atoms with E-state index in [1.165, 1.54) is 64.6 Å². The SMILES string of the molecule is CN=C(NCCCCN1CCCC1)NCC(c1ccco1)N1CCCCC1.I. The molecule has 0 radical (unpaired) electrons. The van der Waals surface area contributed by atoms with Crippen LogP contribution in [0.4, 0.5) is 0 Å². The molecule has 3 rings (SSSR count). The lowest BCUT2D eigenvalue weighted by Crippen LogP contribution is -2.44. The lowest BCUT2D eigenvalue weighted by molar-refractivity contribution is 0.146. The van der Waals surface area contributed by atoms with Crippen molar-refractivity contribution < 1.29 is 4.42 Å². The van der Waals surface area contributed by atoms with Crippen molar-refractivity contribution in [1.29, 1.82) is 0 Å². The van der Waals surface area contributed by atoms with E-state index in [-0.39, 0.29) is 30.0 Å². The zero-order chi connectivity index (χ0) is 18.7. The maximum atomic E-state index is 5.73. The number of piperidine rings is 1. The van der Waals surface area contributed by atoms with Crippen LogP contribution in [0.1, 0.15) is 56.7 Å². The number of unbranched alkanes of at least 4 members (excludes halogenated alkanes) is 1. The van der Waals surface area contributed by atoms with E-state index in [0.717, 1.165) is 37.9 Å². The molecule has 2 saturated heterocycles. The number of hydrogen-bond acceptors (Lipinski definition) is 4. The fourth-order valence-corrected chi connectivity index (χ4v) is 4.21. The molecule has 1 atom stereocenters. The van der Waals surface area contributed by atoms with Crippen LogP contribution in [0.3, 0.4) is 0 Å². The average molecular weight is 503 g/mol. The average Bonchev–Trinajstić information content (AvgIpc) is 3.41. The predicted molar refractivity (Wildman–Crippen MR) is 127 cm³/mol. The number of furan rings is 1. The molecule has 0 spiro atoms. The van der Waals surface area contributed by atoms with Gasteiger partial charge in [-0.25, -0.2) is 0 Å². The van der Waals surface area contributed by atoms with Crippen LogP contribution in [0, 0.1) is 0 Å². The fourth-order valence-electron chi connectivity index (χ4n) is 4.21. The fraction of sp³-hybridized carbons (Fsp3) is 0.762. The third-order valence-electron chi connectivity index (χ3n) is 5.78. The maximum Gasteiger partial charge on any atom is 0.191 e. The number of halogens is 1. The summed E-state index contributed by atoms with van der Waals surface area (Å²) in [6.45, 7) is 7.92. The smallest absolute Gasteiger partial charge is 0.191 e. The molecule has 1 aromatic heterocycles. The van der Waals surface area contributed by atoms with Crippen molar-refractivity contribution in [1.82, 2.24) is 20.4 Å². The quantitative estimate of drug-likeness (QED) is 0.234. The summed E-state index contributed by atoms with van der Waals surface area (Å²) >= 11 is 0. The normalized spacial score (nSPS) is 20.0. The van der Waals surface area contributed by atoms with Gasteiger partial charge in [0.15, 0.2) is 5.96 Å². The Morgan fingerprint density at radius 3 is 2.50 bits per heavy atom. The van der Waals surface area contributed by atoms with Gasteiger partial charge in [-0.1, -0.05) is 6.42 Å². The third kappa shape index (κ3) is 7.55. The highest BCUT2D eigenvalue weighted by molar-refractivity contribution is 14.0. The first-order valence-corrected chi connectivity index (χ1v) is 10.8. The summed E-state index contributed by atoms with van der Waals surface area (Å²) < 4.78 is 5.73. The number of hydrogen-bond donors (Lipinski definition) is 2. The Balaban J connectivity index is 0.00000280. The van der Waals surface area contributed by atoms with Crippen molar-refractivity contribution in [2.75, 3.05) is 52.9 Å². The van der Waals surface area contributed by atoms with Crippen LogP contribution in [-0.4, -0.2) is 68.6 Å². The number of nitrogens with zero attached hydrogens (tertiary/aromatic N) is 3. The van der Waals surface area contributed by atoms with Crippen molar-refractivity contribution in [3.8, 4) is 0 Å². The standard InChI is InChI=1S/C21H37N5O.HI/c1-22-21(23-11-3-6-12-25-13-7-8-14-25)24-18-19(20-10-9-17-27-20)26-15-4-2-5-16-26;/h9-10,17,19H,2-8,11-16,18H2,1H3,(H2,22,23,24);1H. The highest BCUT2D eigenvalue weighted by Crippen LogP contribution is 2.24. The molecule has 2 aliphatic heterocycles. The summed E-state index contributed by atoms with van der Waals surface area (Å²) in [6, 6.07) is 4.35. The number of likely N-dealkylation sites (tertiary alicyclic amines) is 2. The summed E-state index contributed by atoms with van der Waals surface area (Å²) in [6.07, 6.45) is 10.9. The van der Waals surface area contributed by atoms with E-state index in [9.17, 15) is 0 Å². The molecule has 1 unspecified atom stereocenters. The van der Waals surface area contributed by atoms with Gasteiger partial charge in [0.1, 0.15) is 5.76 Å². The zero-order valence-electron chi connectivity index (χ0n) is 17.4. The molecule has 6 nitrogen and oxygen atoms in total. The highest BCUT2D eigenvalue weighted by atomic mass is 127. The molecule has 1 aromatic rings. The first-order chi connectivity index (χ1) is 13.4. The molecule has 0 bridgehead atoms. The molecule has 3 heterocycles. The van der Waals surface area contributed by atoms with Gasteiger partial charge in [-0.3, -0.25) is 9.89 Å². The van der Waals surface area contributed by atoms with E-state index in [2.05, 4.69) is 31.5 Å². The number of nitrogens with one attached hydrogen (secondary N) is 2. The monoisotopic (exact) mass is 503 g/mol. The predicted octanol–water partition coefficient (Wildman–Crippen LogP) is 3.47. The molecular weight excluding hydrogens is 465 g/mol. The van der Waals surface area contributed by atoms with Crippen LogP contribution in [0.2, 0.25) is 0 Å². The summed E-state index contributed by atoms with van der Waals surface area (Å²) in [5.41, 5.74) is 0. The van der Waals surface area contributed by atoms with Crippen molar-refractivity contribution in [2.24, 2.45) is 4.99 Å². The molecule has 0 saturated carbocycles. The summed E-state index contributed by atoms with van der Waals surface area (Å²) in [7, 11) is 1.85. The number of guanidine groups is 1. The number of aliphatic imine (C=N–C) groups is 1. The van der Waals surface area contributed by atoms with Gasteiger partial charge in [0.25, 0.3) is 0 Å². The summed E-state index contributed by atoms with van der Waals surface area (Å²) in [5.74, 6) is 1.94. The molecule has 7 heteroatoms. The van der Waals surface area contributed by atoms with Crippen molar-refractivity contribution in [3.63, 3.8) is 0 Å². The lowest BCUT2D eigenvalue weighted by atomic mass is 10.1. The largest absolute Gasteiger partial charge is 0.468 e. The van der Waals surface area contributed by atoms with Crippen molar-refractivity contribution >= 4 is 29.9 Å². The molecule has 2 N–H and O–H groups in total. The second-order valence-corrected chi connectivity index (χ2v) is 7.76. The molecule has 2 fully saturated rings. The van der Waals surface area contributed by atoms with E-state index < -0.39 is 0 Å². The minimum absolute atomic E-state index is 0. The van der Waals surface area contributed by atoms with Gasteiger partial charge in [-0.2, -0.15) is 0 Å². The molecule has 0 aromatic carbocycles. The summed E-state index contributed by atoms with van der Waals surface area (Å²) in [4.78, 5) is 9.52. The van der Waals surface area contributed by atoms with Crippen molar-refractivity contribution in [3.05, 3.63) is 24.2 Å². The highest BCUT2D eigenvalue weighted by Gasteiger charge is 2.24. The molecule has 0 aliphatic carbocycles. The molecule has 160 valence electrons. The van der Waals surface area contributed by atoms with Gasteiger partial charge in [0.05, 0.1) is 12.3 Å². The van der Waals surface area contributed by atoms with Crippen LogP contribution < -0.4 is 10.6 Å². The van der Waals surface area contributed by atoms with Crippen LogP contribution in [0.15, 0.2) is 27.8 Å². The first kappa shape index (κ1) is 23.5. The van der Waals surface area contributed by atoms with E-state index in [4.69, 9.17) is 4.42 Å². The zero-order valence-corrected chi connectivity index (χ0v) is 19.7. The Morgan fingerprint density at radius 1 is 1.07 bits per heavy atom. The Bertz CT molecular complexity index is 539. The van der Waals surface area contributed by atoms with E-state index >= 15 is 0 Å². The van der Waals surface area contributed by atoms with Crippen LogP contribution in [0.5, 0.6) is 0 Å². The van der Waals surface area contributed by atoms with Crippen LogP contribution in [-0.2, 0) is 0 Å². The second-order valence-electron chi connectivity index (χ2n) is 7.76. The van der Waals surface area contributed by atoms with Crippen LogP contribution in [0.25, 0.3) is 0 Å². The van der Waals surface area contributed by atoms with E-state index in [1.54, 1.807) is 6.26 Å². The van der Waals surface area contributed by atoms with Gasteiger partial charge in [0, 0.05) is 20.1 Å². The lowest BCUT2D eigenvalue weighted by Gasteiger charge is -2.33. The Hall–Kier alpha value is -0.800. The van der Waals surface area contributed by atoms with E-state index in [0.29, 0.717) is 0 Å². The van der Waals surface area contributed by atoms with E-state index in [1.807, 2.05) is 13.1 Å². The second kappa shape index (κ2) is 13.4. The van der Waals surface area contributed by atoms with Gasteiger partial charge in [-0.15, -0.1) is 24.0 Å². The van der Waals surface area contributed by atoms with Gasteiger partial charge >= 0.3 is 0 Å². The Kier molecular flexibility index (Phi) is 11.3. The Morgan fingerprint density at radius 2 is 1.82 bits per heavy atom. The minimum atomic E-state index is 0. The summed E-state index contributed by atoms with van der Waals surface area (Å²) in [5, 5.41) is 6.98. The topological polar surface area (TPSA) is 56.0 Å². The molecule has 0 amide bonds. The first-order valence-electron chi connectivity index (χ1n) is 10.8. The third-order valence-corrected chi connectivity index (χ3v) is 5.78. The van der Waals surface area contributed by atoms with Gasteiger partial charge in [-0.05, 0) is 83.4 Å². The molecular formula is C21H38IN5O. The van der Waals surface area contributed by atoms with Gasteiger partial charge < -0.3 is 20.0 Å². The minimum Gasteiger partial charge on any atom is -0.468 e. The Labute approximate surface area is 187 Å². The number of rotatable bonds is 9. The molecule has 2 aliphatic rings. The van der Waals surface area contributed by atoms with Crippen LogP contribution >= 0.6 is 24.0 Å². The van der Waals surface area contributed by atoms with Crippen molar-refractivity contribution in [2.45, 2.75) is 51.0 Å². The molecule has 28 heavy (non-hydrogen) atoms. The van der Waals surface area contributed by atoms with Gasteiger partial charge in [0.2, 0.25) is 0 Å². The maximum absolute atomic E-state index is 5.73.